The molecule has 6 nitrogen and oxygen atoms in total. The summed E-state index contributed by atoms with van der Waals surface area (Å²) in [7, 11) is 1.48. The molecule has 2 atom stereocenters. The standard InChI is InChI=1S/C20H25F3N2O4/c1-12-5-7-17(29-12)13(2)24-14(3)19(26)25-16-11-15(20(21,22)23)6-8-18(16)28-10-9-27-4/h5-8,11,13-14,24H,9-10H2,1-4H3,(H,25,26). The summed E-state index contributed by atoms with van der Waals surface area (Å²) in [5.41, 5.74) is -0.942. The van der Waals surface area contributed by atoms with Gasteiger partial charge in [-0.15, -0.1) is 0 Å². The molecule has 0 aliphatic heterocycles. The van der Waals surface area contributed by atoms with Crippen molar-refractivity contribution in [1.82, 2.24) is 5.32 Å². The Balaban J connectivity index is 2.12. The van der Waals surface area contributed by atoms with E-state index in [-0.39, 0.29) is 30.7 Å². The van der Waals surface area contributed by atoms with Crippen LogP contribution in [-0.4, -0.2) is 32.3 Å². The molecule has 9 heteroatoms. The molecule has 1 heterocycles. The van der Waals surface area contributed by atoms with E-state index >= 15 is 0 Å². The van der Waals surface area contributed by atoms with Crippen molar-refractivity contribution in [2.24, 2.45) is 0 Å². The second-order valence-corrected chi connectivity index (χ2v) is 6.60. The molecule has 0 bridgehead atoms. The molecule has 0 aliphatic carbocycles. The van der Waals surface area contributed by atoms with Crippen LogP contribution in [0.4, 0.5) is 18.9 Å². The van der Waals surface area contributed by atoms with E-state index in [9.17, 15) is 18.0 Å². The zero-order chi connectivity index (χ0) is 21.6. The summed E-state index contributed by atoms with van der Waals surface area (Å²) < 4.78 is 55.0. The van der Waals surface area contributed by atoms with Gasteiger partial charge < -0.3 is 19.2 Å². The Hall–Kier alpha value is -2.52. The molecule has 1 aromatic heterocycles. The van der Waals surface area contributed by atoms with Crippen molar-refractivity contribution in [2.45, 2.75) is 39.0 Å². The van der Waals surface area contributed by atoms with Gasteiger partial charge in [0.15, 0.2) is 0 Å². The van der Waals surface area contributed by atoms with Gasteiger partial charge in [0, 0.05) is 7.11 Å². The average Bonchev–Trinajstić information content (AvgIpc) is 3.08. The zero-order valence-corrected chi connectivity index (χ0v) is 16.7. The van der Waals surface area contributed by atoms with E-state index in [0.29, 0.717) is 5.76 Å². The minimum atomic E-state index is -4.54. The topological polar surface area (TPSA) is 72.7 Å². The molecular weight excluding hydrogens is 389 g/mol. The van der Waals surface area contributed by atoms with Crippen molar-refractivity contribution in [2.75, 3.05) is 25.6 Å². The van der Waals surface area contributed by atoms with Gasteiger partial charge in [0.2, 0.25) is 5.91 Å². The third-order valence-corrected chi connectivity index (χ3v) is 4.19. The number of anilines is 1. The fourth-order valence-corrected chi connectivity index (χ4v) is 2.62. The summed E-state index contributed by atoms with van der Waals surface area (Å²) >= 11 is 0. The van der Waals surface area contributed by atoms with Gasteiger partial charge in [-0.2, -0.15) is 13.2 Å². The van der Waals surface area contributed by atoms with Crippen LogP contribution in [0.1, 0.15) is 37.0 Å². The van der Waals surface area contributed by atoms with Crippen molar-refractivity contribution < 1.29 is 31.9 Å². The van der Waals surface area contributed by atoms with Gasteiger partial charge in [-0.3, -0.25) is 10.1 Å². The first-order valence-corrected chi connectivity index (χ1v) is 9.08. The lowest BCUT2D eigenvalue weighted by molar-refractivity contribution is -0.137. The molecule has 160 valence electrons. The number of furan rings is 1. The van der Waals surface area contributed by atoms with Crippen molar-refractivity contribution in [3.8, 4) is 5.75 Å². The largest absolute Gasteiger partial charge is 0.489 e. The highest BCUT2D eigenvalue weighted by Gasteiger charge is 2.31. The Bertz CT molecular complexity index is 820. The number of alkyl halides is 3. The van der Waals surface area contributed by atoms with E-state index in [1.165, 1.54) is 13.2 Å². The summed E-state index contributed by atoms with van der Waals surface area (Å²) in [5.74, 6) is 1.03. The number of carbonyl (C=O) groups is 1. The molecule has 1 aromatic carbocycles. The number of hydrogen-bond acceptors (Lipinski definition) is 5. The monoisotopic (exact) mass is 414 g/mol. The van der Waals surface area contributed by atoms with E-state index in [1.807, 2.05) is 19.9 Å². The molecule has 1 amide bonds. The molecule has 2 unspecified atom stereocenters. The quantitative estimate of drug-likeness (QED) is 0.599. The van der Waals surface area contributed by atoms with Crippen LogP contribution in [-0.2, 0) is 15.7 Å². The van der Waals surface area contributed by atoms with Crippen LogP contribution in [0, 0.1) is 6.92 Å². The van der Waals surface area contributed by atoms with E-state index in [4.69, 9.17) is 13.9 Å². The van der Waals surface area contributed by atoms with Gasteiger partial charge in [-0.25, -0.2) is 0 Å². The maximum absolute atomic E-state index is 13.1. The molecule has 0 saturated heterocycles. The molecule has 0 saturated carbocycles. The summed E-state index contributed by atoms with van der Waals surface area (Å²) in [6, 6.07) is 5.59. The maximum atomic E-state index is 13.1. The number of carbonyl (C=O) groups excluding carboxylic acids is 1. The maximum Gasteiger partial charge on any atom is 0.416 e. The highest BCUT2D eigenvalue weighted by molar-refractivity contribution is 5.96. The number of methoxy groups -OCH3 is 1. The van der Waals surface area contributed by atoms with Gasteiger partial charge in [-0.05, 0) is 51.1 Å². The first kappa shape index (κ1) is 22.8. The number of rotatable bonds is 9. The van der Waals surface area contributed by atoms with Crippen LogP contribution in [0.25, 0.3) is 0 Å². The Morgan fingerprint density at radius 1 is 1.17 bits per heavy atom. The average molecular weight is 414 g/mol. The van der Waals surface area contributed by atoms with Crippen LogP contribution in [0.2, 0.25) is 0 Å². The van der Waals surface area contributed by atoms with Gasteiger partial charge in [0.25, 0.3) is 0 Å². The van der Waals surface area contributed by atoms with Gasteiger partial charge in [-0.1, -0.05) is 0 Å². The van der Waals surface area contributed by atoms with Gasteiger partial charge >= 0.3 is 6.18 Å². The number of halogens is 3. The Morgan fingerprint density at radius 3 is 2.48 bits per heavy atom. The fraction of sp³-hybridized carbons (Fsp3) is 0.450. The van der Waals surface area contributed by atoms with Crippen LogP contribution < -0.4 is 15.4 Å². The number of nitrogens with one attached hydrogen (secondary N) is 2. The lowest BCUT2D eigenvalue weighted by Gasteiger charge is -2.20. The summed E-state index contributed by atoms with van der Waals surface area (Å²) in [6.07, 6.45) is -4.54. The molecular formula is C20H25F3N2O4. The first-order chi connectivity index (χ1) is 13.6. The summed E-state index contributed by atoms with van der Waals surface area (Å²) in [5, 5.41) is 5.57. The smallest absolute Gasteiger partial charge is 0.416 e. The van der Waals surface area contributed by atoms with Crippen molar-refractivity contribution in [3.05, 3.63) is 47.4 Å². The Morgan fingerprint density at radius 2 is 1.90 bits per heavy atom. The molecule has 0 radical (unpaired) electrons. The second kappa shape index (κ2) is 9.80. The van der Waals surface area contributed by atoms with Gasteiger partial charge in [0.05, 0.1) is 29.9 Å². The number of hydrogen-bond donors (Lipinski definition) is 2. The van der Waals surface area contributed by atoms with E-state index in [2.05, 4.69) is 10.6 Å². The third-order valence-electron chi connectivity index (χ3n) is 4.19. The number of ether oxygens (including phenoxy) is 2. The lowest BCUT2D eigenvalue weighted by atomic mass is 10.1. The number of amides is 1. The molecule has 2 N–H and O–H groups in total. The van der Waals surface area contributed by atoms with Crippen LogP contribution in [0.5, 0.6) is 5.75 Å². The molecule has 0 fully saturated rings. The highest BCUT2D eigenvalue weighted by atomic mass is 19.4. The lowest BCUT2D eigenvalue weighted by Crippen LogP contribution is -2.39. The molecule has 29 heavy (non-hydrogen) atoms. The summed E-state index contributed by atoms with van der Waals surface area (Å²) in [4.78, 5) is 12.6. The Labute approximate surface area is 167 Å². The van der Waals surface area contributed by atoms with E-state index in [0.717, 1.165) is 17.9 Å². The second-order valence-electron chi connectivity index (χ2n) is 6.60. The number of benzene rings is 1. The highest BCUT2D eigenvalue weighted by Crippen LogP contribution is 2.35. The van der Waals surface area contributed by atoms with Crippen molar-refractivity contribution in [1.29, 1.82) is 0 Å². The number of aryl methyl sites for hydroxylation is 1. The minimum absolute atomic E-state index is 0.0592. The zero-order valence-electron chi connectivity index (χ0n) is 16.7. The van der Waals surface area contributed by atoms with Crippen molar-refractivity contribution >= 4 is 11.6 Å². The SMILES string of the molecule is COCCOc1ccc(C(F)(F)F)cc1NC(=O)C(C)NC(C)c1ccc(C)o1. The first-order valence-electron chi connectivity index (χ1n) is 9.08. The fourth-order valence-electron chi connectivity index (χ4n) is 2.62. The van der Waals surface area contributed by atoms with E-state index in [1.54, 1.807) is 13.0 Å². The predicted molar refractivity (Wildman–Crippen MR) is 102 cm³/mol. The normalized spacial score (nSPS) is 13.8. The third kappa shape index (κ3) is 6.50. The van der Waals surface area contributed by atoms with Crippen LogP contribution in [0.15, 0.2) is 34.7 Å². The molecule has 2 rings (SSSR count). The minimum Gasteiger partial charge on any atom is -0.489 e. The molecule has 0 spiro atoms. The molecule has 0 aliphatic rings. The van der Waals surface area contributed by atoms with E-state index < -0.39 is 23.7 Å². The van der Waals surface area contributed by atoms with Crippen LogP contribution >= 0.6 is 0 Å². The van der Waals surface area contributed by atoms with Crippen molar-refractivity contribution in [3.63, 3.8) is 0 Å². The van der Waals surface area contributed by atoms with Crippen LogP contribution in [0.3, 0.4) is 0 Å². The van der Waals surface area contributed by atoms with Gasteiger partial charge in [0.1, 0.15) is 23.9 Å². The Kier molecular flexibility index (Phi) is 7.69. The summed E-state index contributed by atoms with van der Waals surface area (Å²) in [6.45, 7) is 5.64. The predicted octanol–water partition coefficient (Wildman–Crippen LogP) is 4.31. The molecule has 2 aromatic rings.